The Bertz CT molecular complexity index is 1100. The van der Waals surface area contributed by atoms with E-state index >= 15 is 0 Å². The van der Waals surface area contributed by atoms with Crippen LogP contribution in [-0.4, -0.2) is 38.7 Å². The van der Waals surface area contributed by atoms with Crippen LogP contribution in [0.3, 0.4) is 0 Å². The van der Waals surface area contributed by atoms with Gasteiger partial charge >= 0.3 is 0 Å². The van der Waals surface area contributed by atoms with Crippen LogP contribution in [0.25, 0.3) is 21.7 Å². The Kier molecular flexibility index (Phi) is 5.90. The van der Waals surface area contributed by atoms with Crippen LogP contribution >= 0.6 is 11.8 Å². The van der Waals surface area contributed by atoms with Crippen molar-refractivity contribution in [3.05, 3.63) is 46.8 Å². The van der Waals surface area contributed by atoms with E-state index in [-0.39, 0.29) is 16.7 Å². The topological polar surface area (TPSA) is 55.2 Å². The van der Waals surface area contributed by atoms with Crippen molar-refractivity contribution in [3.8, 4) is 0 Å². The number of aromatic nitrogens is 2. The van der Waals surface area contributed by atoms with Gasteiger partial charge in [0.25, 0.3) is 5.56 Å². The minimum atomic E-state index is -0.194. The van der Waals surface area contributed by atoms with Crippen LogP contribution in [0.4, 0.5) is 0 Å². The maximum atomic E-state index is 13.2. The quantitative estimate of drug-likeness (QED) is 0.343. The number of hydrogen-bond acceptors (Lipinski definition) is 4. The summed E-state index contributed by atoms with van der Waals surface area (Å²) in [4.78, 5) is 33.1. The van der Waals surface area contributed by atoms with Gasteiger partial charge in [-0.15, -0.1) is 0 Å². The van der Waals surface area contributed by atoms with Gasteiger partial charge in [-0.2, -0.15) is 0 Å². The van der Waals surface area contributed by atoms with Gasteiger partial charge in [0.2, 0.25) is 5.91 Å². The van der Waals surface area contributed by atoms with Crippen molar-refractivity contribution in [1.82, 2.24) is 14.5 Å². The zero-order chi connectivity index (χ0) is 20.4. The smallest absolute Gasteiger partial charge is 0.262 e. The lowest BCUT2D eigenvalue weighted by molar-refractivity contribution is -0.129. The van der Waals surface area contributed by atoms with Crippen LogP contribution in [0.2, 0.25) is 0 Å². The number of amides is 1. The summed E-state index contributed by atoms with van der Waals surface area (Å²) < 4.78 is 1.71. The number of hydrogen-bond donors (Lipinski definition) is 0. The summed E-state index contributed by atoms with van der Waals surface area (Å²) in [6.07, 6.45) is 3.87. The molecule has 0 radical (unpaired) electrons. The van der Waals surface area contributed by atoms with Gasteiger partial charge in [-0.3, -0.25) is 14.2 Å². The molecule has 3 aromatic rings. The largest absolute Gasteiger partial charge is 0.342 e. The predicted octanol–water partition coefficient (Wildman–Crippen LogP) is 4.45. The van der Waals surface area contributed by atoms with Crippen LogP contribution < -0.4 is 5.56 Å². The Morgan fingerprint density at radius 3 is 2.48 bits per heavy atom. The molecule has 1 aromatic heterocycles. The van der Waals surface area contributed by atoms with Gasteiger partial charge in [0, 0.05) is 19.6 Å². The second kappa shape index (κ2) is 8.57. The molecule has 1 aliphatic heterocycles. The van der Waals surface area contributed by atoms with E-state index in [0.29, 0.717) is 22.6 Å². The molecule has 0 bridgehead atoms. The van der Waals surface area contributed by atoms with E-state index in [1.807, 2.05) is 48.2 Å². The molecule has 0 N–H and O–H groups in total. The van der Waals surface area contributed by atoms with Gasteiger partial charge < -0.3 is 4.90 Å². The van der Waals surface area contributed by atoms with Gasteiger partial charge in [-0.25, -0.2) is 4.98 Å². The van der Waals surface area contributed by atoms with Gasteiger partial charge in [0.15, 0.2) is 5.16 Å². The highest BCUT2D eigenvalue weighted by Crippen LogP contribution is 2.29. The Labute approximate surface area is 175 Å². The summed E-state index contributed by atoms with van der Waals surface area (Å²) in [7, 11) is 0. The average Bonchev–Trinajstić information content (AvgIpc) is 3.27. The first-order valence-corrected chi connectivity index (χ1v) is 11.4. The van der Waals surface area contributed by atoms with E-state index in [2.05, 4.69) is 6.92 Å². The first-order chi connectivity index (χ1) is 14.1. The third kappa shape index (κ3) is 3.90. The molecule has 1 unspecified atom stereocenters. The fourth-order valence-electron chi connectivity index (χ4n) is 4.02. The lowest BCUT2D eigenvalue weighted by Crippen LogP contribution is -2.36. The number of carbonyl (C=O) groups is 1. The Hall–Kier alpha value is -2.34. The number of fused-ring (bicyclic) bond motifs is 2. The van der Waals surface area contributed by atoms with E-state index < -0.39 is 0 Å². The summed E-state index contributed by atoms with van der Waals surface area (Å²) in [6.45, 7) is 6.27. The maximum Gasteiger partial charge on any atom is 0.262 e. The van der Waals surface area contributed by atoms with Crippen LogP contribution in [0, 0.1) is 0 Å². The molecule has 0 aliphatic carbocycles. The molecule has 1 amide bonds. The van der Waals surface area contributed by atoms with Gasteiger partial charge in [-0.1, -0.05) is 49.4 Å². The van der Waals surface area contributed by atoms with Crippen LogP contribution in [0.15, 0.2) is 46.3 Å². The second-order valence-electron chi connectivity index (χ2n) is 7.59. The minimum absolute atomic E-state index is 0.0328. The number of carbonyl (C=O) groups excluding carboxylic acids is 1. The maximum absolute atomic E-state index is 13.2. The molecule has 5 nitrogen and oxygen atoms in total. The molecule has 4 rings (SSSR count). The molecular formula is C23H27N3O2S. The monoisotopic (exact) mass is 409 g/mol. The molecule has 0 spiro atoms. The SMILES string of the molecule is CCCC(Sc1nc2cc3ccccc3cc2c(=O)n1CC)C(=O)N1CCCC1. The molecule has 1 aliphatic rings. The van der Waals surface area contributed by atoms with Crippen molar-refractivity contribution in [2.24, 2.45) is 0 Å². The molecule has 152 valence electrons. The molecule has 1 atom stereocenters. The number of benzene rings is 2. The van der Waals surface area contributed by atoms with Crippen molar-refractivity contribution in [2.45, 2.75) is 56.5 Å². The zero-order valence-corrected chi connectivity index (χ0v) is 17.9. The van der Waals surface area contributed by atoms with Crippen LogP contribution in [-0.2, 0) is 11.3 Å². The highest BCUT2D eigenvalue weighted by atomic mass is 32.2. The average molecular weight is 410 g/mol. The molecule has 1 saturated heterocycles. The summed E-state index contributed by atoms with van der Waals surface area (Å²) in [5.41, 5.74) is 0.666. The fraction of sp³-hybridized carbons (Fsp3) is 0.435. The number of likely N-dealkylation sites (tertiary alicyclic amines) is 1. The van der Waals surface area contributed by atoms with Crippen molar-refractivity contribution in [1.29, 1.82) is 0 Å². The third-order valence-corrected chi connectivity index (χ3v) is 6.84. The standard InChI is InChI=1S/C23H27N3O2S/c1-3-9-20(22(28)25-12-7-8-13-25)29-23-24-19-15-17-11-6-5-10-16(17)14-18(19)21(27)26(23)4-2/h5-6,10-11,14-15,20H,3-4,7-9,12-13H2,1-2H3. The van der Waals surface area contributed by atoms with Crippen molar-refractivity contribution < 1.29 is 4.79 Å². The number of nitrogens with zero attached hydrogens (tertiary/aromatic N) is 3. The zero-order valence-electron chi connectivity index (χ0n) is 17.1. The fourth-order valence-corrected chi connectivity index (χ4v) is 5.37. The summed E-state index contributed by atoms with van der Waals surface area (Å²) in [5, 5.41) is 3.19. The van der Waals surface area contributed by atoms with Crippen LogP contribution in [0.1, 0.15) is 39.5 Å². The summed E-state index contributed by atoms with van der Waals surface area (Å²) >= 11 is 1.45. The summed E-state index contributed by atoms with van der Waals surface area (Å²) in [6, 6.07) is 11.9. The van der Waals surface area contributed by atoms with E-state index in [1.165, 1.54) is 11.8 Å². The molecule has 0 saturated carbocycles. The predicted molar refractivity (Wildman–Crippen MR) is 120 cm³/mol. The molecule has 1 fully saturated rings. The van der Waals surface area contributed by atoms with Crippen molar-refractivity contribution in [2.75, 3.05) is 13.1 Å². The molecule has 6 heteroatoms. The van der Waals surface area contributed by atoms with Gasteiger partial charge in [0.1, 0.15) is 0 Å². The highest BCUT2D eigenvalue weighted by Gasteiger charge is 2.28. The third-order valence-electron chi connectivity index (χ3n) is 5.59. The van der Waals surface area contributed by atoms with Gasteiger partial charge in [-0.05, 0) is 49.1 Å². The Balaban J connectivity index is 1.77. The number of thioether (sulfide) groups is 1. The first kappa shape index (κ1) is 20.0. The van der Waals surface area contributed by atoms with Crippen molar-refractivity contribution >= 4 is 39.3 Å². The van der Waals surface area contributed by atoms with E-state index in [4.69, 9.17) is 4.98 Å². The van der Waals surface area contributed by atoms with E-state index in [9.17, 15) is 9.59 Å². The molecule has 29 heavy (non-hydrogen) atoms. The highest BCUT2D eigenvalue weighted by molar-refractivity contribution is 8.00. The van der Waals surface area contributed by atoms with E-state index in [0.717, 1.165) is 49.5 Å². The minimum Gasteiger partial charge on any atom is -0.342 e. The first-order valence-electron chi connectivity index (χ1n) is 10.5. The lowest BCUT2D eigenvalue weighted by atomic mass is 10.1. The lowest BCUT2D eigenvalue weighted by Gasteiger charge is -2.23. The van der Waals surface area contributed by atoms with Crippen molar-refractivity contribution in [3.63, 3.8) is 0 Å². The summed E-state index contributed by atoms with van der Waals surface area (Å²) in [5.74, 6) is 0.185. The normalized spacial score (nSPS) is 15.3. The molecule has 2 aromatic carbocycles. The Morgan fingerprint density at radius 2 is 1.83 bits per heavy atom. The Morgan fingerprint density at radius 1 is 1.14 bits per heavy atom. The molecular weight excluding hydrogens is 382 g/mol. The van der Waals surface area contributed by atoms with Gasteiger partial charge in [0.05, 0.1) is 16.2 Å². The second-order valence-corrected chi connectivity index (χ2v) is 8.76. The van der Waals surface area contributed by atoms with Crippen LogP contribution in [0.5, 0.6) is 0 Å². The number of rotatable bonds is 6. The molecule has 2 heterocycles. The van der Waals surface area contributed by atoms with E-state index in [1.54, 1.807) is 4.57 Å².